The molecule has 0 aliphatic carbocycles. The van der Waals surface area contributed by atoms with Crippen molar-refractivity contribution in [1.29, 1.82) is 0 Å². The molecule has 0 radical (unpaired) electrons. The highest BCUT2D eigenvalue weighted by Gasteiger charge is 2.22. The Morgan fingerprint density at radius 1 is 1.39 bits per heavy atom. The normalized spacial score (nSPS) is 14.4. The molecule has 2 aromatic rings. The zero-order chi connectivity index (χ0) is 13.2. The number of aryl methyl sites for hydroxylation is 1. The Hall–Kier alpha value is -1.75. The van der Waals surface area contributed by atoms with Gasteiger partial charge in [-0.05, 0) is 31.0 Å². The molecule has 1 atom stereocenters. The molecular formula is C13H17FN4. The lowest BCUT2D eigenvalue weighted by molar-refractivity contribution is 0.441. The molecule has 1 aromatic carbocycles. The summed E-state index contributed by atoms with van der Waals surface area (Å²) in [4.78, 5) is 4.16. The first-order valence-electron chi connectivity index (χ1n) is 5.82. The summed E-state index contributed by atoms with van der Waals surface area (Å²) in [7, 11) is 1.83. The number of aromatic nitrogens is 3. The predicted molar refractivity (Wildman–Crippen MR) is 67.4 cm³/mol. The van der Waals surface area contributed by atoms with E-state index >= 15 is 0 Å². The van der Waals surface area contributed by atoms with Crippen molar-refractivity contribution in [3.63, 3.8) is 0 Å². The third kappa shape index (κ3) is 3.13. The highest BCUT2D eigenvalue weighted by Crippen LogP contribution is 2.15. The van der Waals surface area contributed by atoms with E-state index in [1.807, 2.05) is 20.0 Å². The summed E-state index contributed by atoms with van der Waals surface area (Å²) >= 11 is 0. The van der Waals surface area contributed by atoms with Crippen molar-refractivity contribution in [2.45, 2.75) is 25.3 Å². The van der Waals surface area contributed by atoms with Gasteiger partial charge in [-0.1, -0.05) is 12.1 Å². The van der Waals surface area contributed by atoms with Gasteiger partial charge in [-0.2, -0.15) is 5.10 Å². The second-order valence-corrected chi connectivity index (χ2v) is 4.94. The summed E-state index contributed by atoms with van der Waals surface area (Å²) in [5.41, 5.74) is 6.67. The summed E-state index contributed by atoms with van der Waals surface area (Å²) in [6, 6.07) is 6.52. The van der Waals surface area contributed by atoms with Crippen molar-refractivity contribution in [2.75, 3.05) is 0 Å². The molecule has 2 N–H and O–H groups in total. The molecule has 0 spiro atoms. The number of halogens is 1. The standard InChI is InChI=1S/C13H17FN4/c1-13(15,8-12-16-9-17-18(12)2)7-10-4-3-5-11(14)6-10/h3-6,9H,7-8,15H2,1-2H3. The lowest BCUT2D eigenvalue weighted by atomic mass is 9.90. The minimum Gasteiger partial charge on any atom is -0.325 e. The van der Waals surface area contributed by atoms with E-state index in [2.05, 4.69) is 10.1 Å². The lowest BCUT2D eigenvalue weighted by Crippen LogP contribution is -2.41. The Morgan fingerprint density at radius 2 is 2.17 bits per heavy atom. The maximum absolute atomic E-state index is 13.1. The van der Waals surface area contributed by atoms with E-state index in [1.54, 1.807) is 10.7 Å². The minimum atomic E-state index is -0.478. The maximum atomic E-state index is 13.1. The fraction of sp³-hybridized carbons (Fsp3) is 0.385. The third-order valence-electron chi connectivity index (χ3n) is 2.86. The van der Waals surface area contributed by atoms with E-state index in [0.29, 0.717) is 12.8 Å². The number of nitrogens with zero attached hydrogens (tertiary/aromatic N) is 3. The van der Waals surface area contributed by atoms with Gasteiger partial charge in [-0.25, -0.2) is 9.37 Å². The highest BCUT2D eigenvalue weighted by molar-refractivity contribution is 5.19. The summed E-state index contributed by atoms with van der Waals surface area (Å²) in [5.74, 6) is 0.596. The molecule has 0 fully saturated rings. The van der Waals surface area contributed by atoms with Crippen molar-refractivity contribution in [3.05, 3.63) is 47.8 Å². The first-order chi connectivity index (χ1) is 8.46. The van der Waals surface area contributed by atoms with Crippen molar-refractivity contribution >= 4 is 0 Å². The number of hydrogen-bond donors (Lipinski definition) is 1. The van der Waals surface area contributed by atoms with Crippen molar-refractivity contribution in [3.8, 4) is 0 Å². The number of nitrogens with two attached hydrogens (primary N) is 1. The van der Waals surface area contributed by atoms with Crippen LogP contribution in [0.15, 0.2) is 30.6 Å². The SMILES string of the molecule is Cn1ncnc1CC(C)(N)Cc1cccc(F)c1. The minimum absolute atomic E-state index is 0.234. The molecule has 1 unspecified atom stereocenters. The van der Waals surface area contributed by atoms with E-state index in [1.165, 1.54) is 18.5 Å². The van der Waals surface area contributed by atoms with Crippen LogP contribution in [0, 0.1) is 5.82 Å². The highest BCUT2D eigenvalue weighted by atomic mass is 19.1. The summed E-state index contributed by atoms with van der Waals surface area (Å²) in [6.45, 7) is 1.94. The molecule has 2 rings (SSSR count). The van der Waals surface area contributed by atoms with Gasteiger partial charge in [-0.3, -0.25) is 4.68 Å². The first-order valence-corrected chi connectivity index (χ1v) is 5.82. The summed E-state index contributed by atoms with van der Waals surface area (Å²) in [6.07, 6.45) is 2.70. The van der Waals surface area contributed by atoms with E-state index in [-0.39, 0.29) is 5.82 Å². The van der Waals surface area contributed by atoms with Crippen LogP contribution in [-0.2, 0) is 19.9 Å². The van der Waals surface area contributed by atoms with Gasteiger partial charge in [0, 0.05) is 19.0 Å². The van der Waals surface area contributed by atoms with Crippen LogP contribution in [0.5, 0.6) is 0 Å². The first kappa shape index (κ1) is 12.7. The van der Waals surface area contributed by atoms with Gasteiger partial charge in [0.2, 0.25) is 0 Å². The fourth-order valence-electron chi connectivity index (χ4n) is 2.02. The molecule has 0 aliphatic heterocycles. The van der Waals surface area contributed by atoms with E-state index in [4.69, 9.17) is 5.73 Å². The average molecular weight is 248 g/mol. The van der Waals surface area contributed by atoms with Crippen LogP contribution >= 0.6 is 0 Å². The van der Waals surface area contributed by atoms with Gasteiger partial charge in [0.1, 0.15) is 18.0 Å². The van der Waals surface area contributed by atoms with E-state index in [9.17, 15) is 4.39 Å². The van der Waals surface area contributed by atoms with Gasteiger partial charge >= 0.3 is 0 Å². The summed E-state index contributed by atoms with van der Waals surface area (Å²) in [5, 5.41) is 4.01. The van der Waals surface area contributed by atoms with Gasteiger partial charge in [0.25, 0.3) is 0 Å². The third-order valence-corrected chi connectivity index (χ3v) is 2.86. The Balaban J connectivity index is 2.10. The van der Waals surface area contributed by atoms with Crippen molar-refractivity contribution < 1.29 is 4.39 Å². The van der Waals surface area contributed by atoms with Crippen LogP contribution in [0.2, 0.25) is 0 Å². The molecule has 0 saturated heterocycles. The number of benzene rings is 1. The predicted octanol–water partition coefficient (Wildman–Crippen LogP) is 1.46. The van der Waals surface area contributed by atoms with Gasteiger partial charge in [0.05, 0.1) is 0 Å². The molecule has 0 saturated carbocycles. The number of hydrogen-bond acceptors (Lipinski definition) is 3. The Kier molecular flexibility index (Phi) is 3.43. The van der Waals surface area contributed by atoms with Crippen LogP contribution < -0.4 is 5.73 Å². The molecule has 0 aliphatic rings. The Bertz CT molecular complexity index is 533. The van der Waals surface area contributed by atoms with Crippen LogP contribution in [0.4, 0.5) is 4.39 Å². The van der Waals surface area contributed by atoms with E-state index in [0.717, 1.165) is 11.4 Å². The van der Waals surface area contributed by atoms with Crippen LogP contribution in [0.3, 0.4) is 0 Å². The second-order valence-electron chi connectivity index (χ2n) is 4.94. The largest absolute Gasteiger partial charge is 0.325 e. The molecule has 1 heterocycles. The smallest absolute Gasteiger partial charge is 0.138 e. The van der Waals surface area contributed by atoms with Crippen LogP contribution in [0.1, 0.15) is 18.3 Å². The topological polar surface area (TPSA) is 56.7 Å². The lowest BCUT2D eigenvalue weighted by Gasteiger charge is -2.24. The zero-order valence-electron chi connectivity index (χ0n) is 10.6. The van der Waals surface area contributed by atoms with Crippen molar-refractivity contribution in [2.24, 2.45) is 12.8 Å². The van der Waals surface area contributed by atoms with Gasteiger partial charge in [0.15, 0.2) is 0 Å². The molecule has 5 heteroatoms. The molecule has 18 heavy (non-hydrogen) atoms. The van der Waals surface area contributed by atoms with Gasteiger partial charge in [-0.15, -0.1) is 0 Å². The Labute approximate surface area is 106 Å². The zero-order valence-corrected chi connectivity index (χ0v) is 10.6. The maximum Gasteiger partial charge on any atom is 0.138 e. The van der Waals surface area contributed by atoms with E-state index < -0.39 is 5.54 Å². The second kappa shape index (κ2) is 4.86. The Morgan fingerprint density at radius 3 is 2.78 bits per heavy atom. The summed E-state index contributed by atoms with van der Waals surface area (Å²) < 4.78 is 14.8. The fourth-order valence-corrected chi connectivity index (χ4v) is 2.02. The molecule has 0 amide bonds. The molecule has 4 nitrogen and oxygen atoms in total. The average Bonchev–Trinajstić information content (AvgIpc) is 2.62. The van der Waals surface area contributed by atoms with Crippen molar-refractivity contribution in [1.82, 2.24) is 14.8 Å². The van der Waals surface area contributed by atoms with Gasteiger partial charge < -0.3 is 5.73 Å². The number of rotatable bonds is 4. The molecular weight excluding hydrogens is 231 g/mol. The quantitative estimate of drug-likeness (QED) is 0.891. The van der Waals surface area contributed by atoms with Crippen LogP contribution in [0.25, 0.3) is 0 Å². The van der Waals surface area contributed by atoms with Crippen LogP contribution in [-0.4, -0.2) is 20.3 Å². The molecule has 96 valence electrons. The monoisotopic (exact) mass is 248 g/mol. The molecule has 0 bridgehead atoms. The molecule has 1 aromatic heterocycles.